The minimum atomic E-state index is -0.272. The van der Waals surface area contributed by atoms with Gasteiger partial charge in [-0.15, -0.1) is 10.2 Å². The van der Waals surface area contributed by atoms with Crippen molar-refractivity contribution in [3.8, 4) is 23.0 Å². The van der Waals surface area contributed by atoms with Crippen molar-refractivity contribution in [2.45, 2.75) is 157 Å². The molecule has 11 heteroatoms. The maximum Gasteiger partial charge on any atom is 0.134 e. The summed E-state index contributed by atoms with van der Waals surface area (Å²) in [5.74, 6) is 1.89. The molecule has 483 valence electrons. The predicted molar refractivity (Wildman–Crippen MR) is 382 cm³/mol. The summed E-state index contributed by atoms with van der Waals surface area (Å²) in [5, 5.41) is 60.0. The molecule has 0 saturated heterocycles. The number of aromatic hydroxyl groups is 2. The van der Waals surface area contributed by atoms with Crippen LogP contribution in [0.5, 0.6) is 23.0 Å². The van der Waals surface area contributed by atoms with E-state index in [0.29, 0.717) is 61.7 Å². The molecule has 2 heterocycles. The second-order valence-electron chi connectivity index (χ2n) is 30.8. The average Bonchev–Trinajstić information content (AvgIpc) is 0.960. The monoisotopic (exact) mass is 1300 g/mol. The largest absolute Gasteiger partial charge is 0.507 e. The Kier molecular flexibility index (Phi) is 15.7. The third-order valence-corrected chi connectivity index (χ3v) is 19.8. The zero-order valence-electron chi connectivity index (χ0n) is 56.5. The molecule has 0 fully saturated rings. The fourth-order valence-corrected chi connectivity index (χ4v) is 14.5. The van der Waals surface area contributed by atoms with E-state index in [2.05, 4.69) is 241 Å². The number of aromatic nitrogens is 6. The zero-order valence-corrected chi connectivity index (χ0v) is 57.5. The van der Waals surface area contributed by atoms with Crippen LogP contribution < -0.4 is 9.47 Å². The molecular weight excluding hydrogens is 1220 g/mol. The summed E-state index contributed by atoms with van der Waals surface area (Å²) >= 11 is 0. The van der Waals surface area contributed by atoms with Gasteiger partial charge < -0.3 is 19.7 Å². The van der Waals surface area contributed by atoms with Crippen LogP contribution in [0.1, 0.15) is 172 Å². The summed E-state index contributed by atoms with van der Waals surface area (Å²) in [6.07, 6.45) is 5.47. The Balaban J connectivity index is 0.00000778. The Morgan fingerprint density at radius 1 is 0.358 bits per heavy atom. The molecule has 0 spiro atoms. The second-order valence-corrected chi connectivity index (χ2v) is 30.8. The third kappa shape index (κ3) is 11.9. The molecule has 1 radical (unpaired) electrons. The number of benzene rings is 12. The first-order valence-electron chi connectivity index (χ1n) is 33.2. The minimum absolute atomic E-state index is 0. The number of hydrogen-bond donors (Lipinski definition) is 2. The van der Waals surface area contributed by atoms with E-state index in [4.69, 9.17) is 30.1 Å². The van der Waals surface area contributed by atoms with Crippen LogP contribution in [-0.4, -0.2) is 40.2 Å². The number of rotatable bonds is 10. The van der Waals surface area contributed by atoms with Crippen LogP contribution in [0, 0.1) is 0 Å². The van der Waals surface area contributed by atoms with Gasteiger partial charge in [0.2, 0.25) is 0 Å². The van der Waals surface area contributed by atoms with Crippen molar-refractivity contribution < 1.29 is 36.8 Å². The topological polar surface area (TPSA) is 120 Å². The van der Waals surface area contributed by atoms with Gasteiger partial charge in [-0.05, 0) is 164 Å². The summed E-state index contributed by atoms with van der Waals surface area (Å²) in [4.78, 5) is 0. The Bertz CT molecular complexity index is 4840. The first-order valence-corrected chi connectivity index (χ1v) is 33.2. The van der Waals surface area contributed by atoms with Gasteiger partial charge in [-0.25, -0.2) is 9.36 Å². The summed E-state index contributed by atoms with van der Waals surface area (Å²) in [7, 11) is 0. The molecule has 0 unspecified atom stereocenters. The molecule has 8 bridgehead atoms. The van der Waals surface area contributed by atoms with Crippen molar-refractivity contribution in [3.05, 3.63) is 259 Å². The molecule has 15 rings (SSSR count). The van der Waals surface area contributed by atoms with E-state index in [1.807, 2.05) is 21.8 Å². The van der Waals surface area contributed by atoms with Gasteiger partial charge in [0.1, 0.15) is 47.6 Å². The van der Waals surface area contributed by atoms with Gasteiger partial charge in [-0.2, -0.15) is 0 Å². The van der Waals surface area contributed by atoms with Crippen LogP contribution in [-0.2, 0) is 90.7 Å². The van der Waals surface area contributed by atoms with Crippen molar-refractivity contribution >= 4 is 64.6 Å². The quantitative estimate of drug-likeness (QED) is 0.103. The molecule has 10 nitrogen and oxygen atoms in total. The number of nitrogens with zero attached hydrogens (tertiary/aromatic N) is 6. The van der Waals surface area contributed by atoms with Crippen LogP contribution in [0.4, 0.5) is 0 Å². The third-order valence-electron chi connectivity index (χ3n) is 19.8. The van der Waals surface area contributed by atoms with Gasteiger partial charge in [0.15, 0.2) is 0 Å². The molecule has 1 aliphatic rings. The Morgan fingerprint density at radius 2 is 0.632 bits per heavy atom. The van der Waals surface area contributed by atoms with Gasteiger partial charge in [0.25, 0.3) is 0 Å². The standard InChI is InChI=1S/C84H82N6O4.Cu/c1-81(2,3)65-35-57-31-61-39-67(83(7,8)9)41-63(79(61)93-47-69-45-89(87-85-69)43-55-25-23-53-21-19-49-15-13-17-51-27-29-71(55)75(53)73(49)51)33-59-37-66(82(4,5)6)38-60(78(59)92)34-64-42-68(84(10,11)12)40-62(32-58(36-65)77(57)91)80(64)94-48-70-46-90(88-86-70)44-56-26-24-54-22-20-50-16-14-18-52-28-30-72(56)76(54)74(50)52;/h13-30,35-42,45-46,91-92H,31-34,43-44,47-48H2,1-12H3;. The van der Waals surface area contributed by atoms with E-state index >= 15 is 0 Å². The smallest absolute Gasteiger partial charge is 0.134 e. The number of fused-ring (bicyclic) bond motifs is 8. The van der Waals surface area contributed by atoms with Crippen LogP contribution in [0.15, 0.2) is 170 Å². The predicted octanol–water partition coefficient (Wildman–Crippen LogP) is 19.2. The minimum Gasteiger partial charge on any atom is -0.507 e. The first-order chi connectivity index (χ1) is 44.8. The van der Waals surface area contributed by atoms with Crippen molar-refractivity contribution in [2.75, 3.05) is 0 Å². The Hall–Kier alpha value is -9.28. The number of phenols is 2. The van der Waals surface area contributed by atoms with E-state index in [0.717, 1.165) is 77.9 Å². The molecule has 14 aromatic rings. The van der Waals surface area contributed by atoms with Crippen molar-refractivity contribution in [3.63, 3.8) is 0 Å². The Morgan fingerprint density at radius 3 is 0.937 bits per heavy atom. The summed E-state index contributed by atoms with van der Waals surface area (Å²) in [6, 6.07) is 57.5. The van der Waals surface area contributed by atoms with Gasteiger partial charge in [0.05, 0.1) is 25.5 Å². The van der Waals surface area contributed by atoms with E-state index in [1.54, 1.807) is 0 Å². The van der Waals surface area contributed by atoms with Gasteiger partial charge in [-0.1, -0.05) is 251 Å². The van der Waals surface area contributed by atoms with Crippen molar-refractivity contribution in [1.29, 1.82) is 0 Å². The zero-order chi connectivity index (χ0) is 65.3. The maximum atomic E-state index is 13.1. The van der Waals surface area contributed by atoms with Gasteiger partial charge in [-0.3, -0.25) is 0 Å². The van der Waals surface area contributed by atoms with Crippen LogP contribution in [0.2, 0.25) is 0 Å². The van der Waals surface area contributed by atoms with E-state index < -0.39 is 0 Å². The first kappa shape index (κ1) is 63.1. The Labute approximate surface area is 567 Å². The second kappa shape index (κ2) is 23.6. The normalized spacial score (nSPS) is 13.3. The summed E-state index contributed by atoms with van der Waals surface area (Å²) in [6.45, 7) is 28.2. The van der Waals surface area contributed by atoms with Gasteiger partial charge >= 0.3 is 0 Å². The van der Waals surface area contributed by atoms with Crippen LogP contribution in [0.3, 0.4) is 0 Å². The number of hydrogen-bond acceptors (Lipinski definition) is 8. The average molecular weight is 1300 g/mol. The molecule has 0 saturated carbocycles. The molecule has 0 atom stereocenters. The molecule has 0 aliphatic heterocycles. The number of ether oxygens (including phenoxy) is 2. The fraction of sp³-hybridized carbons (Fsp3) is 0.286. The van der Waals surface area contributed by atoms with Crippen LogP contribution >= 0.6 is 0 Å². The van der Waals surface area contributed by atoms with E-state index in [-0.39, 0.29) is 63.4 Å². The van der Waals surface area contributed by atoms with E-state index in [1.165, 1.54) is 64.6 Å². The molecule has 12 aromatic carbocycles. The van der Waals surface area contributed by atoms with Crippen molar-refractivity contribution in [2.24, 2.45) is 0 Å². The van der Waals surface area contributed by atoms with E-state index in [9.17, 15) is 10.2 Å². The number of phenolic OH excluding ortho intramolecular Hbond substituents is 2. The fourth-order valence-electron chi connectivity index (χ4n) is 14.5. The SMILES string of the molecule is CC(C)(C)c1cc2c(O)c(c1)Cc1cc(C(C)(C)C)cc(c1OCc1cn(Cc3ccc4ccc5cccc6ccc3c4c56)nn1)Cc1cc(C(C)(C)C)cc(c1O)Cc1cc(C(C)(C)C)cc(c1OCc1cn(Cc3ccc4ccc5cccc6ccc3c4c56)nn1)C2.[Cu]. The summed E-state index contributed by atoms with van der Waals surface area (Å²) in [5.41, 5.74) is 14.0. The molecular formula is C84H82CuN6O4. The van der Waals surface area contributed by atoms with Gasteiger partial charge in [0, 0.05) is 42.8 Å². The molecule has 0 amide bonds. The summed E-state index contributed by atoms with van der Waals surface area (Å²) < 4.78 is 18.3. The maximum absolute atomic E-state index is 13.1. The molecule has 2 aromatic heterocycles. The van der Waals surface area contributed by atoms with Crippen molar-refractivity contribution in [1.82, 2.24) is 30.0 Å². The molecule has 1 aliphatic carbocycles. The molecule has 95 heavy (non-hydrogen) atoms. The van der Waals surface area contributed by atoms with Crippen LogP contribution in [0.25, 0.3) is 64.6 Å². The molecule has 2 N–H and O–H groups in total.